The van der Waals surface area contributed by atoms with Crippen molar-refractivity contribution in [1.29, 1.82) is 0 Å². The van der Waals surface area contributed by atoms with Crippen molar-refractivity contribution >= 4 is 0 Å². The number of hydrogen-bond donors (Lipinski definition) is 1. The Morgan fingerprint density at radius 2 is 1.90 bits per heavy atom. The molecule has 1 aromatic carbocycles. The van der Waals surface area contributed by atoms with Crippen LogP contribution in [0.5, 0.6) is 11.5 Å². The fraction of sp³-hybridized carbons (Fsp3) is 0.625. The summed E-state index contributed by atoms with van der Waals surface area (Å²) in [4.78, 5) is 0. The van der Waals surface area contributed by atoms with Crippen molar-refractivity contribution in [3.8, 4) is 11.5 Å². The van der Waals surface area contributed by atoms with Gasteiger partial charge in [0.25, 0.3) is 0 Å². The van der Waals surface area contributed by atoms with E-state index in [-0.39, 0.29) is 6.04 Å². The van der Waals surface area contributed by atoms with E-state index in [1.54, 1.807) is 0 Å². The third-order valence-electron chi connectivity index (χ3n) is 2.72. The van der Waals surface area contributed by atoms with Gasteiger partial charge in [0.05, 0.1) is 13.2 Å². The topological polar surface area (TPSA) is 53.7 Å². The lowest BCUT2D eigenvalue weighted by atomic mass is 10.1. The van der Waals surface area contributed by atoms with Gasteiger partial charge in [-0.15, -0.1) is 0 Å². The zero-order valence-corrected chi connectivity index (χ0v) is 12.9. The first kappa shape index (κ1) is 16.8. The molecule has 0 fully saturated rings. The minimum Gasteiger partial charge on any atom is -0.490 e. The number of nitrogens with two attached hydrogens (primary N) is 1. The first-order valence-corrected chi connectivity index (χ1v) is 7.39. The van der Waals surface area contributed by atoms with Crippen LogP contribution in [-0.4, -0.2) is 32.5 Å². The standard InChI is InChI=1S/C16H27NO3/c1-4-9-18-10-11-20-16-14(12-13(3)17)7-6-8-15(16)19-5-2/h6-8,13H,4-5,9-12,17H2,1-3H3. The van der Waals surface area contributed by atoms with E-state index in [2.05, 4.69) is 6.92 Å². The van der Waals surface area contributed by atoms with E-state index >= 15 is 0 Å². The molecule has 0 bridgehead atoms. The molecule has 4 heteroatoms. The number of ether oxygens (including phenoxy) is 3. The molecule has 0 spiro atoms. The van der Waals surface area contributed by atoms with Gasteiger partial charge in [-0.05, 0) is 38.3 Å². The minimum atomic E-state index is 0.0885. The molecule has 0 radical (unpaired) electrons. The molecular formula is C16H27NO3. The Balaban J connectivity index is 2.71. The van der Waals surface area contributed by atoms with E-state index < -0.39 is 0 Å². The van der Waals surface area contributed by atoms with Crippen LogP contribution in [0.4, 0.5) is 0 Å². The van der Waals surface area contributed by atoms with E-state index in [9.17, 15) is 0 Å². The van der Waals surface area contributed by atoms with Gasteiger partial charge in [0.2, 0.25) is 0 Å². The van der Waals surface area contributed by atoms with Crippen LogP contribution < -0.4 is 15.2 Å². The van der Waals surface area contributed by atoms with Gasteiger partial charge in [-0.3, -0.25) is 0 Å². The Kier molecular flexibility index (Phi) is 8.07. The molecule has 0 aromatic heterocycles. The van der Waals surface area contributed by atoms with Crippen LogP contribution in [-0.2, 0) is 11.2 Å². The van der Waals surface area contributed by atoms with Gasteiger partial charge in [-0.25, -0.2) is 0 Å². The molecule has 1 rings (SSSR count). The van der Waals surface area contributed by atoms with Crippen LogP contribution in [0, 0.1) is 0 Å². The molecule has 0 amide bonds. The molecule has 1 unspecified atom stereocenters. The highest BCUT2D eigenvalue weighted by atomic mass is 16.5. The maximum absolute atomic E-state index is 5.89. The van der Waals surface area contributed by atoms with Crippen LogP contribution >= 0.6 is 0 Å². The average Bonchev–Trinajstić information content (AvgIpc) is 2.40. The Bertz CT molecular complexity index is 380. The lowest BCUT2D eigenvalue weighted by Crippen LogP contribution is -2.19. The molecule has 0 saturated heterocycles. The summed E-state index contributed by atoms with van der Waals surface area (Å²) < 4.78 is 16.9. The monoisotopic (exact) mass is 281 g/mol. The van der Waals surface area contributed by atoms with Crippen molar-refractivity contribution in [2.75, 3.05) is 26.4 Å². The third kappa shape index (κ3) is 5.80. The Labute approximate surface area is 122 Å². The lowest BCUT2D eigenvalue weighted by molar-refractivity contribution is 0.0988. The van der Waals surface area contributed by atoms with Crippen molar-refractivity contribution < 1.29 is 14.2 Å². The second-order valence-corrected chi connectivity index (χ2v) is 4.82. The van der Waals surface area contributed by atoms with E-state index in [0.717, 1.165) is 36.5 Å². The smallest absolute Gasteiger partial charge is 0.164 e. The summed E-state index contributed by atoms with van der Waals surface area (Å²) in [5.41, 5.74) is 6.98. The maximum atomic E-state index is 5.89. The SMILES string of the molecule is CCCOCCOc1c(CC(C)N)cccc1OCC. The maximum Gasteiger partial charge on any atom is 0.164 e. The van der Waals surface area contributed by atoms with Gasteiger partial charge >= 0.3 is 0 Å². The van der Waals surface area contributed by atoms with Crippen LogP contribution in [0.3, 0.4) is 0 Å². The molecule has 0 aliphatic rings. The first-order valence-electron chi connectivity index (χ1n) is 7.39. The summed E-state index contributed by atoms with van der Waals surface area (Å²) in [7, 11) is 0. The van der Waals surface area contributed by atoms with Crippen molar-refractivity contribution in [3.63, 3.8) is 0 Å². The highest BCUT2D eigenvalue weighted by Crippen LogP contribution is 2.32. The molecular weight excluding hydrogens is 254 g/mol. The lowest BCUT2D eigenvalue weighted by Gasteiger charge is -2.17. The highest BCUT2D eigenvalue weighted by Gasteiger charge is 2.12. The van der Waals surface area contributed by atoms with Gasteiger partial charge in [0.1, 0.15) is 6.61 Å². The molecule has 114 valence electrons. The van der Waals surface area contributed by atoms with E-state index in [0.29, 0.717) is 19.8 Å². The van der Waals surface area contributed by atoms with E-state index in [1.807, 2.05) is 32.0 Å². The van der Waals surface area contributed by atoms with E-state index in [4.69, 9.17) is 19.9 Å². The van der Waals surface area contributed by atoms with E-state index in [1.165, 1.54) is 0 Å². The van der Waals surface area contributed by atoms with Crippen molar-refractivity contribution in [3.05, 3.63) is 23.8 Å². The van der Waals surface area contributed by atoms with Crippen LogP contribution in [0.25, 0.3) is 0 Å². The quantitative estimate of drug-likeness (QED) is 0.670. The molecule has 0 saturated carbocycles. The summed E-state index contributed by atoms with van der Waals surface area (Å²) in [6, 6.07) is 6.03. The number of para-hydroxylation sites is 1. The molecule has 1 atom stereocenters. The largest absolute Gasteiger partial charge is 0.490 e. The average molecular weight is 281 g/mol. The second-order valence-electron chi connectivity index (χ2n) is 4.82. The summed E-state index contributed by atoms with van der Waals surface area (Å²) in [6.07, 6.45) is 1.79. The second kappa shape index (κ2) is 9.61. The zero-order chi connectivity index (χ0) is 14.8. The van der Waals surface area contributed by atoms with Crippen molar-refractivity contribution in [1.82, 2.24) is 0 Å². The number of hydrogen-bond acceptors (Lipinski definition) is 4. The molecule has 2 N–H and O–H groups in total. The summed E-state index contributed by atoms with van der Waals surface area (Å²) in [5.74, 6) is 1.58. The molecule has 0 heterocycles. The molecule has 4 nitrogen and oxygen atoms in total. The number of rotatable bonds is 10. The van der Waals surface area contributed by atoms with Crippen LogP contribution in [0.1, 0.15) is 32.8 Å². The summed E-state index contributed by atoms with van der Waals surface area (Å²) in [5, 5.41) is 0. The zero-order valence-electron chi connectivity index (χ0n) is 12.9. The molecule has 20 heavy (non-hydrogen) atoms. The van der Waals surface area contributed by atoms with Crippen LogP contribution in [0.2, 0.25) is 0 Å². The summed E-state index contributed by atoms with van der Waals surface area (Å²) >= 11 is 0. The Hall–Kier alpha value is -1.26. The fourth-order valence-electron chi connectivity index (χ4n) is 1.95. The first-order chi connectivity index (χ1) is 9.69. The number of benzene rings is 1. The normalized spacial score (nSPS) is 12.2. The summed E-state index contributed by atoms with van der Waals surface area (Å²) in [6.45, 7) is 8.54. The fourth-order valence-corrected chi connectivity index (χ4v) is 1.95. The van der Waals surface area contributed by atoms with Crippen LogP contribution in [0.15, 0.2) is 18.2 Å². The van der Waals surface area contributed by atoms with Gasteiger partial charge in [-0.1, -0.05) is 19.1 Å². The van der Waals surface area contributed by atoms with Gasteiger partial charge < -0.3 is 19.9 Å². The van der Waals surface area contributed by atoms with Gasteiger partial charge in [0, 0.05) is 12.6 Å². The molecule has 0 aliphatic heterocycles. The minimum absolute atomic E-state index is 0.0885. The Morgan fingerprint density at radius 1 is 1.10 bits per heavy atom. The highest BCUT2D eigenvalue weighted by molar-refractivity contribution is 5.47. The molecule has 1 aromatic rings. The van der Waals surface area contributed by atoms with Gasteiger partial charge in [0.15, 0.2) is 11.5 Å². The Morgan fingerprint density at radius 3 is 2.55 bits per heavy atom. The van der Waals surface area contributed by atoms with Crippen molar-refractivity contribution in [2.24, 2.45) is 5.73 Å². The molecule has 0 aliphatic carbocycles. The van der Waals surface area contributed by atoms with Crippen molar-refractivity contribution in [2.45, 2.75) is 39.7 Å². The predicted molar refractivity (Wildman–Crippen MR) is 81.6 cm³/mol. The van der Waals surface area contributed by atoms with Gasteiger partial charge in [-0.2, -0.15) is 0 Å². The predicted octanol–water partition coefficient (Wildman–Crippen LogP) is 2.78. The third-order valence-corrected chi connectivity index (χ3v) is 2.72.